The number of Topliss-reactive ketones (excluding diaryl/α,β-unsaturated/α-hetero) is 1. The summed E-state index contributed by atoms with van der Waals surface area (Å²) >= 11 is 0. The number of aryl methyl sites for hydroxylation is 1. The smallest absolute Gasteiger partial charge is 0.336 e. The molecule has 0 bridgehead atoms. The van der Waals surface area contributed by atoms with Crippen LogP contribution in [0.25, 0.3) is 0 Å². The van der Waals surface area contributed by atoms with Crippen LogP contribution in [0.15, 0.2) is 35.7 Å². The van der Waals surface area contributed by atoms with Crippen molar-refractivity contribution in [2.45, 2.75) is 20.8 Å². The molecule has 0 aromatic heterocycles. The molecule has 0 heterocycles. The van der Waals surface area contributed by atoms with Crippen LogP contribution in [0, 0.1) is 6.92 Å². The number of benzene rings is 1. The maximum absolute atomic E-state index is 13.8. The molecule has 0 unspecified atom stereocenters. The average molecular weight is 250 g/mol. The van der Waals surface area contributed by atoms with E-state index in [-0.39, 0.29) is 17.7 Å². The van der Waals surface area contributed by atoms with Gasteiger partial charge in [0, 0.05) is 5.56 Å². The fraction of sp³-hybridized carbons (Fsp3) is 0.286. The number of carbonyl (C=O) groups excluding carboxylic acids is 2. The van der Waals surface area contributed by atoms with Gasteiger partial charge in [-0.3, -0.25) is 4.79 Å². The van der Waals surface area contributed by atoms with Crippen molar-refractivity contribution in [2.75, 3.05) is 6.61 Å². The van der Waals surface area contributed by atoms with Crippen molar-refractivity contribution < 1.29 is 18.7 Å². The van der Waals surface area contributed by atoms with Crippen LogP contribution in [0.5, 0.6) is 0 Å². The van der Waals surface area contributed by atoms with E-state index in [9.17, 15) is 14.0 Å². The van der Waals surface area contributed by atoms with Crippen LogP contribution in [-0.4, -0.2) is 18.4 Å². The van der Waals surface area contributed by atoms with Gasteiger partial charge in [-0.15, -0.1) is 0 Å². The lowest BCUT2D eigenvalue weighted by Gasteiger charge is -2.04. The molecular formula is C14H15FO3. The first-order chi connectivity index (χ1) is 8.47. The molecule has 18 heavy (non-hydrogen) atoms. The molecule has 1 aromatic rings. The summed E-state index contributed by atoms with van der Waals surface area (Å²) in [6.07, 6.45) is 0. The number of carbonyl (C=O) groups is 2. The minimum absolute atomic E-state index is 0.141. The van der Waals surface area contributed by atoms with Crippen LogP contribution >= 0.6 is 0 Å². The Morgan fingerprint density at radius 3 is 2.28 bits per heavy atom. The van der Waals surface area contributed by atoms with E-state index in [0.29, 0.717) is 0 Å². The molecule has 0 atom stereocenters. The number of halogens is 1. The van der Waals surface area contributed by atoms with Gasteiger partial charge >= 0.3 is 5.97 Å². The van der Waals surface area contributed by atoms with Gasteiger partial charge in [0.25, 0.3) is 0 Å². The zero-order valence-corrected chi connectivity index (χ0v) is 10.6. The standard InChI is InChI=1S/C14H15FO3/c1-4-18-14(17)10(3)12(15)13(16)11-7-5-9(2)6-8-11/h5-8H,4H2,1-3H3/b12-10+. The fourth-order valence-corrected chi connectivity index (χ4v) is 1.33. The third-order valence-electron chi connectivity index (χ3n) is 2.42. The van der Waals surface area contributed by atoms with Gasteiger partial charge in [0.2, 0.25) is 5.78 Å². The van der Waals surface area contributed by atoms with Crippen LogP contribution in [0.3, 0.4) is 0 Å². The average Bonchev–Trinajstić information content (AvgIpc) is 2.37. The van der Waals surface area contributed by atoms with Crippen molar-refractivity contribution in [1.82, 2.24) is 0 Å². The maximum atomic E-state index is 13.8. The van der Waals surface area contributed by atoms with E-state index >= 15 is 0 Å². The van der Waals surface area contributed by atoms with E-state index in [0.717, 1.165) is 5.56 Å². The van der Waals surface area contributed by atoms with Gasteiger partial charge in [-0.25, -0.2) is 9.18 Å². The Hall–Kier alpha value is -1.97. The Labute approximate surface area is 105 Å². The van der Waals surface area contributed by atoms with Gasteiger partial charge in [-0.05, 0) is 20.8 Å². The van der Waals surface area contributed by atoms with E-state index in [2.05, 4.69) is 4.74 Å². The second-order valence-electron chi connectivity index (χ2n) is 3.85. The molecule has 4 heteroatoms. The topological polar surface area (TPSA) is 43.4 Å². The summed E-state index contributed by atoms with van der Waals surface area (Å²) < 4.78 is 18.4. The lowest BCUT2D eigenvalue weighted by atomic mass is 10.1. The Kier molecular flexibility index (Phi) is 4.77. The molecule has 0 saturated carbocycles. The lowest BCUT2D eigenvalue weighted by Crippen LogP contribution is -2.11. The molecule has 0 spiro atoms. The molecule has 1 rings (SSSR count). The molecule has 0 aliphatic rings. The molecule has 0 fully saturated rings. The molecule has 3 nitrogen and oxygen atoms in total. The molecule has 0 saturated heterocycles. The first kappa shape index (κ1) is 14.1. The maximum Gasteiger partial charge on any atom is 0.336 e. The minimum Gasteiger partial charge on any atom is -0.463 e. The minimum atomic E-state index is -1.07. The van der Waals surface area contributed by atoms with E-state index in [1.54, 1.807) is 19.1 Å². The molecule has 0 radical (unpaired) electrons. The van der Waals surface area contributed by atoms with Crippen LogP contribution in [0.2, 0.25) is 0 Å². The zero-order valence-electron chi connectivity index (χ0n) is 10.6. The van der Waals surface area contributed by atoms with Gasteiger partial charge < -0.3 is 4.74 Å². The molecule has 0 N–H and O–H groups in total. The molecule has 1 aromatic carbocycles. The summed E-state index contributed by atoms with van der Waals surface area (Å²) in [5, 5.41) is 0. The van der Waals surface area contributed by atoms with Crippen molar-refractivity contribution >= 4 is 11.8 Å². The van der Waals surface area contributed by atoms with Gasteiger partial charge in [-0.1, -0.05) is 29.8 Å². The predicted molar refractivity (Wildman–Crippen MR) is 66.0 cm³/mol. The number of rotatable bonds is 4. The number of hydrogen-bond acceptors (Lipinski definition) is 3. The molecular weight excluding hydrogens is 235 g/mol. The van der Waals surface area contributed by atoms with Gasteiger partial charge in [0.1, 0.15) is 0 Å². The number of hydrogen-bond donors (Lipinski definition) is 0. The molecule has 0 aliphatic heterocycles. The summed E-state index contributed by atoms with van der Waals surface area (Å²) in [4.78, 5) is 23.1. The first-order valence-electron chi connectivity index (χ1n) is 5.62. The highest BCUT2D eigenvalue weighted by atomic mass is 19.1. The van der Waals surface area contributed by atoms with Crippen molar-refractivity contribution in [3.63, 3.8) is 0 Å². The Morgan fingerprint density at radius 2 is 1.78 bits per heavy atom. The highest BCUT2D eigenvalue weighted by Gasteiger charge is 2.19. The highest BCUT2D eigenvalue weighted by molar-refractivity contribution is 6.11. The first-order valence-corrected chi connectivity index (χ1v) is 5.62. The summed E-state index contributed by atoms with van der Waals surface area (Å²) in [5.74, 6) is -2.69. The molecule has 0 aliphatic carbocycles. The van der Waals surface area contributed by atoms with Crippen LogP contribution in [0.4, 0.5) is 4.39 Å². The lowest BCUT2D eigenvalue weighted by molar-refractivity contribution is -0.138. The normalized spacial score (nSPS) is 11.8. The highest BCUT2D eigenvalue weighted by Crippen LogP contribution is 2.15. The summed E-state index contributed by atoms with van der Waals surface area (Å²) in [6, 6.07) is 6.46. The van der Waals surface area contributed by atoms with Gasteiger partial charge in [-0.2, -0.15) is 0 Å². The third-order valence-corrected chi connectivity index (χ3v) is 2.42. The number of allylic oxidation sites excluding steroid dienone is 1. The fourth-order valence-electron chi connectivity index (χ4n) is 1.33. The van der Waals surface area contributed by atoms with E-state index in [1.807, 2.05) is 6.92 Å². The van der Waals surface area contributed by atoms with Crippen molar-refractivity contribution in [3.8, 4) is 0 Å². The summed E-state index contributed by atoms with van der Waals surface area (Å²) in [5.41, 5.74) is 0.877. The van der Waals surface area contributed by atoms with Crippen molar-refractivity contribution in [1.29, 1.82) is 0 Å². The summed E-state index contributed by atoms with van der Waals surface area (Å²) in [7, 11) is 0. The molecule has 96 valence electrons. The zero-order chi connectivity index (χ0) is 13.7. The van der Waals surface area contributed by atoms with Crippen molar-refractivity contribution in [2.24, 2.45) is 0 Å². The Bertz CT molecular complexity index is 486. The van der Waals surface area contributed by atoms with Gasteiger partial charge in [0.15, 0.2) is 5.83 Å². The third kappa shape index (κ3) is 3.26. The van der Waals surface area contributed by atoms with Crippen LogP contribution in [0.1, 0.15) is 29.8 Å². The molecule has 0 amide bonds. The summed E-state index contributed by atoms with van der Waals surface area (Å²) in [6.45, 7) is 4.86. The Morgan fingerprint density at radius 1 is 1.22 bits per heavy atom. The van der Waals surface area contributed by atoms with E-state index in [4.69, 9.17) is 0 Å². The van der Waals surface area contributed by atoms with E-state index in [1.165, 1.54) is 19.1 Å². The SMILES string of the molecule is CCOC(=O)/C(C)=C(/F)C(=O)c1ccc(C)cc1. The van der Waals surface area contributed by atoms with Crippen LogP contribution < -0.4 is 0 Å². The quantitative estimate of drug-likeness (QED) is 0.468. The number of esters is 1. The monoisotopic (exact) mass is 250 g/mol. The Balaban J connectivity index is 2.99. The number of ether oxygens (including phenoxy) is 1. The van der Waals surface area contributed by atoms with Crippen LogP contribution in [-0.2, 0) is 9.53 Å². The predicted octanol–water partition coefficient (Wildman–Crippen LogP) is 2.98. The van der Waals surface area contributed by atoms with Gasteiger partial charge in [0.05, 0.1) is 12.2 Å². The van der Waals surface area contributed by atoms with E-state index < -0.39 is 17.6 Å². The number of ketones is 1. The second-order valence-corrected chi connectivity index (χ2v) is 3.85. The second kappa shape index (κ2) is 6.10. The largest absolute Gasteiger partial charge is 0.463 e. The van der Waals surface area contributed by atoms with Crippen molar-refractivity contribution in [3.05, 3.63) is 46.8 Å².